The van der Waals surface area contributed by atoms with Crippen molar-refractivity contribution in [1.82, 2.24) is 10.6 Å². The Kier molecular flexibility index (Phi) is 5.12. The zero-order valence-corrected chi connectivity index (χ0v) is 12.2. The van der Waals surface area contributed by atoms with Crippen LogP contribution in [0.25, 0.3) is 0 Å². The number of hydrogen-bond acceptors (Lipinski definition) is 2. The quantitative estimate of drug-likeness (QED) is 0.898. The molecule has 1 aliphatic heterocycles. The first-order valence-electron chi connectivity index (χ1n) is 7.11. The van der Waals surface area contributed by atoms with Crippen LogP contribution in [0.3, 0.4) is 0 Å². The summed E-state index contributed by atoms with van der Waals surface area (Å²) in [6, 6.07) is 2.73. The number of benzene rings is 1. The number of hydrogen-bond donors (Lipinski definition) is 2. The summed E-state index contributed by atoms with van der Waals surface area (Å²) in [5, 5.41) is 5.51. The van der Waals surface area contributed by atoms with Gasteiger partial charge in [-0.1, -0.05) is 6.07 Å². The molecule has 116 valence electrons. The fourth-order valence-electron chi connectivity index (χ4n) is 2.40. The minimum atomic E-state index is -0.922. The van der Waals surface area contributed by atoms with Crippen molar-refractivity contribution in [1.29, 1.82) is 0 Å². The largest absolute Gasteiger partial charge is 0.376 e. The van der Waals surface area contributed by atoms with E-state index in [1.165, 1.54) is 6.07 Å². The van der Waals surface area contributed by atoms with Crippen molar-refractivity contribution in [3.63, 3.8) is 0 Å². The third-order valence-electron chi connectivity index (χ3n) is 3.67. The molecule has 0 bridgehead atoms. The van der Waals surface area contributed by atoms with Crippen LogP contribution in [0.4, 0.5) is 13.6 Å². The van der Waals surface area contributed by atoms with Crippen LogP contribution in [0.5, 0.6) is 0 Å². The summed E-state index contributed by atoms with van der Waals surface area (Å²) in [5.41, 5.74) is 0.508. The van der Waals surface area contributed by atoms with E-state index >= 15 is 0 Å². The first kappa shape index (κ1) is 15.7. The lowest BCUT2D eigenvalue weighted by molar-refractivity contribution is 0.0859. The van der Waals surface area contributed by atoms with Crippen LogP contribution in [0, 0.1) is 11.6 Å². The Hall–Kier alpha value is -1.69. The second kappa shape index (κ2) is 6.85. The number of rotatable bonds is 4. The maximum atomic E-state index is 13.2. The molecular formula is C15H20F2N2O2. The number of urea groups is 1. The van der Waals surface area contributed by atoms with E-state index in [1.807, 2.05) is 6.92 Å². The maximum absolute atomic E-state index is 13.2. The van der Waals surface area contributed by atoms with Gasteiger partial charge in [-0.05, 0) is 44.4 Å². The van der Waals surface area contributed by atoms with Crippen LogP contribution < -0.4 is 10.6 Å². The normalized spacial score (nSPS) is 20.9. The zero-order chi connectivity index (χ0) is 15.4. The van der Waals surface area contributed by atoms with Gasteiger partial charge in [0.05, 0.1) is 18.2 Å². The van der Waals surface area contributed by atoms with Crippen LogP contribution in [-0.2, 0) is 4.74 Å². The molecule has 0 unspecified atom stereocenters. The molecule has 4 nitrogen and oxygen atoms in total. The van der Waals surface area contributed by atoms with Gasteiger partial charge in [-0.15, -0.1) is 0 Å². The monoisotopic (exact) mass is 298 g/mol. The van der Waals surface area contributed by atoms with Gasteiger partial charge in [0, 0.05) is 6.61 Å². The van der Waals surface area contributed by atoms with E-state index in [1.54, 1.807) is 6.92 Å². The number of amides is 2. The first-order chi connectivity index (χ1) is 9.97. The van der Waals surface area contributed by atoms with Gasteiger partial charge in [-0.3, -0.25) is 0 Å². The Morgan fingerprint density at radius 3 is 2.67 bits per heavy atom. The van der Waals surface area contributed by atoms with E-state index in [0.717, 1.165) is 31.6 Å². The van der Waals surface area contributed by atoms with Crippen LogP contribution >= 0.6 is 0 Å². The Labute approximate surface area is 122 Å². The van der Waals surface area contributed by atoms with Crippen LogP contribution in [-0.4, -0.2) is 24.8 Å². The molecule has 0 spiro atoms. The van der Waals surface area contributed by atoms with E-state index in [9.17, 15) is 13.6 Å². The molecule has 1 fully saturated rings. The van der Waals surface area contributed by atoms with Crippen molar-refractivity contribution < 1.29 is 18.3 Å². The molecular weight excluding hydrogens is 278 g/mol. The Balaban J connectivity index is 1.87. The van der Waals surface area contributed by atoms with Gasteiger partial charge >= 0.3 is 6.03 Å². The third-order valence-corrected chi connectivity index (χ3v) is 3.67. The molecule has 1 aliphatic rings. The average molecular weight is 298 g/mol. The molecule has 0 aliphatic carbocycles. The van der Waals surface area contributed by atoms with Crippen LogP contribution in [0.15, 0.2) is 18.2 Å². The van der Waals surface area contributed by atoms with Crippen molar-refractivity contribution in [3.8, 4) is 0 Å². The minimum absolute atomic E-state index is 0.0364. The van der Waals surface area contributed by atoms with Gasteiger partial charge < -0.3 is 15.4 Å². The highest BCUT2D eigenvalue weighted by molar-refractivity contribution is 5.74. The molecule has 1 aromatic carbocycles. The highest BCUT2D eigenvalue weighted by Crippen LogP contribution is 2.17. The van der Waals surface area contributed by atoms with Gasteiger partial charge in [-0.25, -0.2) is 13.6 Å². The molecule has 0 saturated carbocycles. The topological polar surface area (TPSA) is 50.4 Å². The lowest BCUT2D eigenvalue weighted by Crippen LogP contribution is -2.46. The molecule has 0 radical (unpaired) electrons. The Morgan fingerprint density at radius 2 is 2.05 bits per heavy atom. The third kappa shape index (κ3) is 4.14. The summed E-state index contributed by atoms with van der Waals surface area (Å²) in [5.74, 6) is -1.82. The molecule has 1 saturated heterocycles. The van der Waals surface area contributed by atoms with Crippen molar-refractivity contribution >= 4 is 6.03 Å². The van der Waals surface area contributed by atoms with Gasteiger partial charge in [0.25, 0.3) is 0 Å². The van der Waals surface area contributed by atoms with E-state index in [0.29, 0.717) is 5.56 Å². The van der Waals surface area contributed by atoms with Gasteiger partial charge in [-0.2, -0.15) is 0 Å². The number of halogens is 2. The summed E-state index contributed by atoms with van der Waals surface area (Å²) < 4.78 is 31.6. The minimum Gasteiger partial charge on any atom is -0.376 e. The SMILES string of the molecule is C[C@H](NC(=O)N[C@H](C)[C@H]1CCCO1)c1ccc(F)c(F)c1. The number of ether oxygens (including phenoxy) is 1. The molecule has 3 atom stereocenters. The predicted octanol–water partition coefficient (Wildman–Crippen LogP) is 2.89. The zero-order valence-electron chi connectivity index (χ0n) is 12.2. The highest BCUT2D eigenvalue weighted by Gasteiger charge is 2.24. The fourth-order valence-corrected chi connectivity index (χ4v) is 2.40. The smallest absolute Gasteiger partial charge is 0.315 e. The lowest BCUT2D eigenvalue weighted by Gasteiger charge is -2.22. The molecule has 2 N–H and O–H groups in total. The second-order valence-electron chi connectivity index (χ2n) is 5.35. The Bertz CT molecular complexity index is 504. The van der Waals surface area contributed by atoms with Crippen molar-refractivity contribution in [2.45, 2.75) is 44.9 Å². The van der Waals surface area contributed by atoms with E-state index < -0.39 is 17.7 Å². The number of carbonyl (C=O) groups excluding carboxylic acids is 1. The van der Waals surface area contributed by atoms with E-state index in [2.05, 4.69) is 10.6 Å². The number of nitrogens with one attached hydrogen (secondary N) is 2. The molecule has 1 aromatic rings. The summed E-state index contributed by atoms with van der Waals surface area (Å²) in [6.45, 7) is 4.32. The summed E-state index contributed by atoms with van der Waals surface area (Å²) in [6.07, 6.45) is 1.97. The molecule has 1 heterocycles. The Morgan fingerprint density at radius 1 is 1.29 bits per heavy atom. The van der Waals surface area contributed by atoms with Crippen LogP contribution in [0.2, 0.25) is 0 Å². The van der Waals surface area contributed by atoms with Crippen molar-refractivity contribution in [3.05, 3.63) is 35.4 Å². The summed E-state index contributed by atoms with van der Waals surface area (Å²) in [7, 11) is 0. The van der Waals surface area contributed by atoms with Gasteiger partial charge in [0.1, 0.15) is 0 Å². The molecule has 21 heavy (non-hydrogen) atoms. The van der Waals surface area contributed by atoms with Crippen molar-refractivity contribution in [2.24, 2.45) is 0 Å². The predicted molar refractivity (Wildman–Crippen MR) is 74.9 cm³/mol. The molecule has 0 aromatic heterocycles. The maximum Gasteiger partial charge on any atom is 0.315 e. The average Bonchev–Trinajstić information content (AvgIpc) is 2.95. The van der Waals surface area contributed by atoms with Crippen LogP contribution in [0.1, 0.15) is 38.3 Å². The van der Waals surface area contributed by atoms with E-state index in [-0.39, 0.29) is 18.2 Å². The lowest BCUT2D eigenvalue weighted by atomic mass is 10.1. The molecule has 2 amide bonds. The summed E-state index contributed by atoms with van der Waals surface area (Å²) >= 11 is 0. The summed E-state index contributed by atoms with van der Waals surface area (Å²) in [4.78, 5) is 11.9. The van der Waals surface area contributed by atoms with E-state index in [4.69, 9.17) is 4.74 Å². The number of carbonyl (C=O) groups is 1. The highest BCUT2D eigenvalue weighted by atomic mass is 19.2. The molecule has 6 heteroatoms. The molecule has 2 rings (SSSR count). The second-order valence-corrected chi connectivity index (χ2v) is 5.35. The van der Waals surface area contributed by atoms with Crippen molar-refractivity contribution in [2.75, 3.05) is 6.61 Å². The van der Waals surface area contributed by atoms with Gasteiger partial charge in [0.15, 0.2) is 11.6 Å². The first-order valence-corrected chi connectivity index (χ1v) is 7.11. The fraction of sp³-hybridized carbons (Fsp3) is 0.533. The van der Waals surface area contributed by atoms with Gasteiger partial charge in [0.2, 0.25) is 0 Å². The standard InChI is InChI=1S/C15H20F2N2O2/c1-9(11-5-6-12(16)13(17)8-11)18-15(20)19-10(2)14-4-3-7-21-14/h5-6,8-10,14H,3-4,7H2,1-2H3,(H2,18,19,20)/t9-,10+,14+/m0/s1.